The normalized spacial score (nSPS) is 12.4. The van der Waals surface area contributed by atoms with Gasteiger partial charge in [-0.2, -0.15) is 0 Å². The number of carboxylic acid groups (broad SMARTS) is 1. The number of fused-ring (bicyclic) bond motifs is 3. The van der Waals surface area contributed by atoms with Crippen LogP contribution in [-0.4, -0.2) is 41.6 Å². The highest BCUT2D eigenvalue weighted by atomic mass is 16.5. The fourth-order valence-electron chi connectivity index (χ4n) is 4.90. The standard InChI is InChI=1S/C34H30N2O5/c37-32(22-41-31-21-25-15-7-8-16-26(25)27-17-9-10-18-28(27)31)35-29(19-23-11-3-1-4-12-23)33(38)36-30(34(39)40)20-24-13-5-2-6-14-24/h1-18,21,29-30H,19-20,22H2,(H,35,37)(H,36,38)(H,39,40)/t29-,30-/m0/s1. The molecule has 2 amide bonds. The van der Waals surface area contributed by atoms with Gasteiger partial charge in [-0.25, -0.2) is 4.79 Å². The second-order valence-electron chi connectivity index (χ2n) is 9.83. The minimum Gasteiger partial charge on any atom is -0.483 e. The number of nitrogens with one attached hydrogen (secondary N) is 2. The maximum Gasteiger partial charge on any atom is 0.326 e. The third-order valence-electron chi connectivity index (χ3n) is 6.92. The van der Waals surface area contributed by atoms with Crippen molar-refractivity contribution < 1.29 is 24.2 Å². The fraction of sp³-hybridized carbons (Fsp3) is 0.147. The summed E-state index contributed by atoms with van der Waals surface area (Å²) in [4.78, 5) is 38.4. The summed E-state index contributed by atoms with van der Waals surface area (Å²) in [6.45, 7) is -0.312. The van der Waals surface area contributed by atoms with Gasteiger partial charge in [-0.05, 0) is 33.4 Å². The van der Waals surface area contributed by atoms with E-state index in [1.165, 1.54) is 0 Å². The highest BCUT2D eigenvalue weighted by Gasteiger charge is 2.27. The first kappa shape index (κ1) is 27.4. The van der Waals surface area contributed by atoms with E-state index in [1.54, 1.807) is 12.1 Å². The Morgan fingerprint density at radius 2 is 1.17 bits per heavy atom. The van der Waals surface area contributed by atoms with Gasteiger partial charge in [-0.1, -0.05) is 109 Å². The van der Waals surface area contributed by atoms with Crippen LogP contribution in [-0.2, 0) is 27.2 Å². The summed E-state index contributed by atoms with van der Waals surface area (Å²) in [7, 11) is 0. The molecule has 3 N–H and O–H groups in total. The lowest BCUT2D eigenvalue weighted by atomic mass is 10.0. The Morgan fingerprint density at radius 3 is 1.80 bits per heavy atom. The van der Waals surface area contributed by atoms with Crippen LogP contribution in [0.2, 0.25) is 0 Å². The van der Waals surface area contributed by atoms with Crippen LogP contribution in [0.15, 0.2) is 115 Å². The average molecular weight is 547 g/mol. The number of rotatable bonds is 11. The molecule has 0 fully saturated rings. The summed E-state index contributed by atoms with van der Waals surface area (Å²) in [6, 6.07) is 33.9. The van der Waals surface area contributed by atoms with Gasteiger partial charge >= 0.3 is 5.97 Å². The van der Waals surface area contributed by atoms with Crippen molar-refractivity contribution in [3.8, 4) is 5.75 Å². The number of carbonyl (C=O) groups is 3. The summed E-state index contributed by atoms with van der Waals surface area (Å²) in [5.41, 5.74) is 1.60. The molecule has 0 aliphatic rings. The van der Waals surface area contributed by atoms with Crippen molar-refractivity contribution in [3.63, 3.8) is 0 Å². The molecule has 0 radical (unpaired) electrons. The molecular weight excluding hydrogens is 516 g/mol. The number of amides is 2. The largest absolute Gasteiger partial charge is 0.483 e. The van der Waals surface area contributed by atoms with Crippen molar-refractivity contribution in [2.45, 2.75) is 24.9 Å². The maximum atomic E-state index is 13.4. The second-order valence-corrected chi connectivity index (χ2v) is 9.83. The van der Waals surface area contributed by atoms with E-state index < -0.39 is 29.9 Å². The monoisotopic (exact) mass is 546 g/mol. The van der Waals surface area contributed by atoms with E-state index in [0.29, 0.717) is 5.75 Å². The van der Waals surface area contributed by atoms with Crippen LogP contribution in [0.25, 0.3) is 21.5 Å². The molecule has 0 heterocycles. The van der Waals surface area contributed by atoms with Crippen LogP contribution in [0.1, 0.15) is 11.1 Å². The summed E-state index contributed by atoms with van der Waals surface area (Å²) in [5, 5.41) is 19.1. The smallest absolute Gasteiger partial charge is 0.326 e. The topological polar surface area (TPSA) is 105 Å². The van der Waals surface area contributed by atoms with Gasteiger partial charge < -0.3 is 20.5 Å². The molecule has 206 valence electrons. The number of aliphatic carboxylic acids is 1. The predicted octanol–water partition coefficient (Wildman–Crippen LogP) is 4.91. The van der Waals surface area contributed by atoms with Gasteiger partial charge in [0, 0.05) is 18.2 Å². The molecule has 7 nitrogen and oxygen atoms in total. The zero-order valence-electron chi connectivity index (χ0n) is 22.3. The third-order valence-corrected chi connectivity index (χ3v) is 6.92. The van der Waals surface area contributed by atoms with Gasteiger partial charge in [0.2, 0.25) is 5.91 Å². The Hall–Kier alpha value is -5.17. The molecule has 7 heteroatoms. The zero-order valence-corrected chi connectivity index (χ0v) is 22.3. The quantitative estimate of drug-likeness (QED) is 0.204. The lowest BCUT2D eigenvalue weighted by molar-refractivity contribution is -0.142. The highest BCUT2D eigenvalue weighted by molar-refractivity contribution is 6.10. The molecule has 5 aromatic rings. The molecule has 0 spiro atoms. The molecule has 0 aliphatic heterocycles. The molecule has 5 rings (SSSR count). The molecule has 41 heavy (non-hydrogen) atoms. The van der Waals surface area contributed by atoms with Gasteiger partial charge in [-0.15, -0.1) is 0 Å². The van der Waals surface area contributed by atoms with Crippen LogP contribution < -0.4 is 15.4 Å². The van der Waals surface area contributed by atoms with Crippen LogP contribution in [0.3, 0.4) is 0 Å². The molecule has 0 aliphatic carbocycles. The van der Waals surface area contributed by atoms with Gasteiger partial charge in [0.25, 0.3) is 5.91 Å². The molecule has 2 atom stereocenters. The number of hydrogen-bond acceptors (Lipinski definition) is 4. The molecule has 0 bridgehead atoms. The zero-order chi connectivity index (χ0) is 28.6. The molecule has 0 saturated carbocycles. The van der Waals surface area contributed by atoms with E-state index in [4.69, 9.17) is 4.74 Å². The number of hydrogen-bond donors (Lipinski definition) is 3. The van der Waals surface area contributed by atoms with E-state index in [0.717, 1.165) is 32.7 Å². The first-order valence-electron chi connectivity index (χ1n) is 13.4. The first-order chi connectivity index (χ1) is 20.0. The summed E-state index contributed by atoms with van der Waals surface area (Å²) >= 11 is 0. The summed E-state index contributed by atoms with van der Waals surface area (Å²) in [5.74, 6) is -1.67. The van der Waals surface area contributed by atoms with Crippen LogP contribution in [0.5, 0.6) is 5.75 Å². The highest BCUT2D eigenvalue weighted by Crippen LogP contribution is 2.33. The van der Waals surface area contributed by atoms with Gasteiger partial charge in [0.05, 0.1) is 0 Å². The Morgan fingerprint density at radius 1 is 0.634 bits per heavy atom. The van der Waals surface area contributed by atoms with E-state index in [2.05, 4.69) is 10.6 Å². The fourth-order valence-corrected chi connectivity index (χ4v) is 4.90. The van der Waals surface area contributed by atoms with Crippen molar-refractivity contribution in [1.82, 2.24) is 10.6 Å². The molecule has 0 unspecified atom stereocenters. The van der Waals surface area contributed by atoms with E-state index in [-0.39, 0.29) is 19.4 Å². The third kappa shape index (κ3) is 6.89. The Labute approximate surface area is 237 Å². The lowest BCUT2D eigenvalue weighted by Gasteiger charge is -2.22. The van der Waals surface area contributed by atoms with Crippen molar-refractivity contribution in [1.29, 1.82) is 0 Å². The van der Waals surface area contributed by atoms with Crippen molar-refractivity contribution >= 4 is 39.3 Å². The number of carboxylic acids is 1. The average Bonchev–Trinajstić information content (AvgIpc) is 3.00. The lowest BCUT2D eigenvalue weighted by Crippen LogP contribution is -2.53. The van der Waals surface area contributed by atoms with Crippen LogP contribution >= 0.6 is 0 Å². The summed E-state index contributed by atoms with van der Waals surface area (Å²) < 4.78 is 5.98. The Balaban J connectivity index is 1.32. The van der Waals surface area contributed by atoms with Crippen LogP contribution in [0, 0.1) is 0 Å². The second kappa shape index (κ2) is 12.8. The minimum absolute atomic E-state index is 0.117. The number of carbonyl (C=O) groups excluding carboxylic acids is 2. The maximum absolute atomic E-state index is 13.4. The first-order valence-corrected chi connectivity index (χ1v) is 13.4. The molecule has 0 saturated heterocycles. The minimum atomic E-state index is -1.15. The van der Waals surface area contributed by atoms with Gasteiger partial charge in [0.15, 0.2) is 6.61 Å². The predicted molar refractivity (Wildman–Crippen MR) is 159 cm³/mol. The van der Waals surface area contributed by atoms with Gasteiger partial charge in [-0.3, -0.25) is 9.59 Å². The van der Waals surface area contributed by atoms with E-state index >= 15 is 0 Å². The van der Waals surface area contributed by atoms with Crippen molar-refractivity contribution in [3.05, 3.63) is 126 Å². The van der Waals surface area contributed by atoms with Gasteiger partial charge in [0.1, 0.15) is 17.8 Å². The van der Waals surface area contributed by atoms with Crippen molar-refractivity contribution in [2.75, 3.05) is 6.61 Å². The summed E-state index contributed by atoms with van der Waals surface area (Å²) in [6.07, 6.45) is 0.307. The number of ether oxygens (including phenoxy) is 1. The molecule has 0 aromatic heterocycles. The molecular formula is C34H30N2O5. The van der Waals surface area contributed by atoms with E-state index in [9.17, 15) is 19.5 Å². The number of benzene rings is 5. The Bertz CT molecular complexity index is 1670. The van der Waals surface area contributed by atoms with Crippen molar-refractivity contribution in [2.24, 2.45) is 0 Å². The molecule has 5 aromatic carbocycles. The Kier molecular flexibility index (Phi) is 8.55. The van der Waals surface area contributed by atoms with E-state index in [1.807, 2.05) is 103 Å². The van der Waals surface area contributed by atoms with Crippen LogP contribution in [0.4, 0.5) is 0 Å². The SMILES string of the molecule is O=C(COc1cc2ccccc2c2ccccc12)N[C@@H](Cc1ccccc1)C(=O)N[C@@H](Cc1ccccc1)C(=O)O.